The molecule has 78 valence electrons. The molecule has 3 nitrogen and oxygen atoms in total. The zero-order valence-electron chi connectivity index (χ0n) is 7.82. The summed E-state index contributed by atoms with van der Waals surface area (Å²) in [7, 11) is 0. The molecule has 5 heteroatoms. The van der Waals surface area contributed by atoms with E-state index < -0.39 is 0 Å². The van der Waals surface area contributed by atoms with Gasteiger partial charge in [0.25, 0.3) is 0 Å². The molecule has 15 heavy (non-hydrogen) atoms. The van der Waals surface area contributed by atoms with Crippen LogP contribution >= 0.6 is 23.2 Å². The highest BCUT2D eigenvalue weighted by Gasteiger charge is 2.00. The van der Waals surface area contributed by atoms with E-state index in [1.54, 1.807) is 18.6 Å². The SMILES string of the molecule is Nc1cn(Cc2ccc(Cl)c(Cl)c2)cn1. The lowest BCUT2D eigenvalue weighted by atomic mass is 10.2. The maximum absolute atomic E-state index is 5.90. The van der Waals surface area contributed by atoms with E-state index in [0.29, 0.717) is 22.4 Å². The molecule has 0 aliphatic heterocycles. The number of benzene rings is 1. The lowest BCUT2D eigenvalue weighted by Gasteiger charge is -2.03. The number of hydrogen-bond donors (Lipinski definition) is 1. The summed E-state index contributed by atoms with van der Waals surface area (Å²) in [4.78, 5) is 3.93. The van der Waals surface area contributed by atoms with Crippen LogP contribution < -0.4 is 5.73 Å². The second kappa shape index (κ2) is 4.13. The predicted octanol–water partition coefficient (Wildman–Crippen LogP) is 2.82. The molecule has 0 atom stereocenters. The Bertz CT molecular complexity index is 479. The standard InChI is InChI=1S/C10H9Cl2N3/c11-8-2-1-7(3-9(8)12)4-15-5-10(13)14-6-15/h1-3,5-6H,4,13H2. The van der Waals surface area contributed by atoms with Gasteiger partial charge >= 0.3 is 0 Å². The van der Waals surface area contributed by atoms with Crippen molar-refractivity contribution in [3.8, 4) is 0 Å². The van der Waals surface area contributed by atoms with Crippen LogP contribution in [0.15, 0.2) is 30.7 Å². The number of hydrogen-bond acceptors (Lipinski definition) is 2. The van der Waals surface area contributed by atoms with Gasteiger partial charge in [0.2, 0.25) is 0 Å². The highest BCUT2D eigenvalue weighted by atomic mass is 35.5. The van der Waals surface area contributed by atoms with E-state index >= 15 is 0 Å². The van der Waals surface area contributed by atoms with E-state index in [2.05, 4.69) is 4.98 Å². The highest BCUT2D eigenvalue weighted by Crippen LogP contribution is 2.22. The summed E-state index contributed by atoms with van der Waals surface area (Å²) in [6.07, 6.45) is 3.44. The largest absolute Gasteiger partial charge is 0.382 e. The number of imidazole rings is 1. The Morgan fingerprint density at radius 3 is 2.67 bits per heavy atom. The average molecular weight is 242 g/mol. The van der Waals surface area contributed by atoms with Gasteiger partial charge in [-0.05, 0) is 17.7 Å². The van der Waals surface area contributed by atoms with E-state index in [1.807, 2.05) is 16.7 Å². The summed E-state index contributed by atoms with van der Waals surface area (Å²) >= 11 is 11.7. The van der Waals surface area contributed by atoms with Crippen molar-refractivity contribution >= 4 is 29.0 Å². The molecule has 0 saturated carbocycles. The highest BCUT2D eigenvalue weighted by molar-refractivity contribution is 6.42. The van der Waals surface area contributed by atoms with Gasteiger partial charge in [-0.1, -0.05) is 29.3 Å². The van der Waals surface area contributed by atoms with E-state index in [0.717, 1.165) is 5.56 Å². The molecular weight excluding hydrogens is 233 g/mol. The van der Waals surface area contributed by atoms with E-state index in [-0.39, 0.29) is 0 Å². The van der Waals surface area contributed by atoms with Gasteiger partial charge in [-0.25, -0.2) is 4.98 Å². The summed E-state index contributed by atoms with van der Waals surface area (Å²) in [5.41, 5.74) is 6.56. The Kier molecular flexibility index (Phi) is 2.84. The molecule has 2 N–H and O–H groups in total. The molecule has 2 rings (SSSR count). The monoisotopic (exact) mass is 241 g/mol. The number of nitrogen functional groups attached to an aromatic ring is 1. The molecule has 1 heterocycles. The van der Waals surface area contributed by atoms with Crippen molar-refractivity contribution in [1.29, 1.82) is 0 Å². The lowest BCUT2D eigenvalue weighted by Crippen LogP contribution is -1.96. The van der Waals surface area contributed by atoms with Crippen LogP contribution in [-0.2, 0) is 6.54 Å². The van der Waals surface area contributed by atoms with Crippen molar-refractivity contribution in [2.24, 2.45) is 0 Å². The molecule has 1 aromatic carbocycles. The third-order valence-corrected chi connectivity index (χ3v) is 2.74. The van der Waals surface area contributed by atoms with Crippen LogP contribution in [0.4, 0.5) is 5.82 Å². The van der Waals surface area contributed by atoms with E-state index in [9.17, 15) is 0 Å². The van der Waals surface area contributed by atoms with E-state index in [4.69, 9.17) is 28.9 Å². The van der Waals surface area contributed by atoms with Gasteiger partial charge in [-0.2, -0.15) is 0 Å². The fourth-order valence-electron chi connectivity index (χ4n) is 1.31. The summed E-state index contributed by atoms with van der Waals surface area (Å²) < 4.78 is 1.88. The van der Waals surface area contributed by atoms with Crippen LogP contribution in [0.1, 0.15) is 5.56 Å². The Morgan fingerprint density at radius 2 is 2.07 bits per heavy atom. The second-order valence-electron chi connectivity index (χ2n) is 3.22. The smallest absolute Gasteiger partial charge is 0.141 e. The van der Waals surface area contributed by atoms with Crippen LogP contribution in [0.5, 0.6) is 0 Å². The molecule has 0 fully saturated rings. The van der Waals surface area contributed by atoms with Gasteiger partial charge in [-0.15, -0.1) is 0 Å². The zero-order chi connectivity index (χ0) is 10.8. The minimum Gasteiger partial charge on any atom is -0.382 e. The van der Waals surface area contributed by atoms with Crippen LogP contribution in [0.25, 0.3) is 0 Å². The minimum atomic E-state index is 0.509. The van der Waals surface area contributed by atoms with Gasteiger partial charge in [0.1, 0.15) is 5.82 Å². The van der Waals surface area contributed by atoms with Crippen LogP contribution in [0.3, 0.4) is 0 Å². The first-order chi connectivity index (χ1) is 7.15. The molecule has 1 aromatic heterocycles. The number of nitrogens with two attached hydrogens (primary N) is 1. The summed E-state index contributed by atoms with van der Waals surface area (Å²) in [5, 5.41) is 1.12. The Hall–Kier alpha value is -1.19. The first-order valence-electron chi connectivity index (χ1n) is 4.36. The summed E-state index contributed by atoms with van der Waals surface area (Å²) in [5.74, 6) is 0.509. The van der Waals surface area contributed by atoms with Gasteiger partial charge in [0.05, 0.1) is 16.4 Å². The molecular formula is C10H9Cl2N3. The molecule has 0 amide bonds. The average Bonchev–Trinajstić information content (AvgIpc) is 2.58. The Balaban J connectivity index is 2.21. The van der Waals surface area contributed by atoms with Crippen molar-refractivity contribution in [3.05, 3.63) is 46.3 Å². The maximum Gasteiger partial charge on any atom is 0.141 e. The zero-order valence-corrected chi connectivity index (χ0v) is 9.33. The van der Waals surface area contributed by atoms with Crippen LogP contribution in [0.2, 0.25) is 10.0 Å². The molecule has 0 radical (unpaired) electrons. The first kappa shape index (κ1) is 10.3. The van der Waals surface area contributed by atoms with Crippen molar-refractivity contribution in [3.63, 3.8) is 0 Å². The van der Waals surface area contributed by atoms with Gasteiger partial charge < -0.3 is 10.3 Å². The number of halogens is 2. The lowest BCUT2D eigenvalue weighted by molar-refractivity contribution is 0.797. The van der Waals surface area contributed by atoms with Crippen molar-refractivity contribution in [2.45, 2.75) is 6.54 Å². The fourth-order valence-corrected chi connectivity index (χ4v) is 1.63. The molecule has 0 aliphatic carbocycles. The predicted molar refractivity (Wildman–Crippen MR) is 62.2 cm³/mol. The summed E-state index contributed by atoms with van der Waals surface area (Å²) in [6.45, 7) is 0.682. The van der Waals surface area contributed by atoms with Gasteiger partial charge in [0, 0.05) is 12.7 Å². The van der Waals surface area contributed by atoms with Crippen molar-refractivity contribution in [2.75, 3.05) is 5.73 Å². The summed E-state index contributed by atoms with van der Waals surface area (Å²) in [6, 6.07) is 5.53. The molecule has 0 aliphatic rings. The number of nitrogens with zero attached hydrogens (tertiary/aromatic N) is 2. The third-order valence-electron chi connectivity index (χ3n) is 2.00. The normalized spacial score (nSPS) is 10.5. The second-order valence-corrected chi connectivity index (χ2v) is 4.03. The molecule has 0 saturated heterocycles. The van der Waals surface area contributed by atoms with E-state index in [1.165, 1.54) is 0 Å². The number of aromatic nitrogens is 2. The fraction of sp³-hybridized carbons (Fsp3) is 0.100. The van der Waals surface area contributed by atoms with Gasteiger partial charge in [-0.3, -0.25) is 0 Å². The molecule has 0 unspecified atom stereocenters. The van der Waals surface area contributed by atoms with Crippen molar-refractivity contribution < 1.29 is 0 Å². The molecule has 0 spiro atoms. The van der Waals surface area contributed by atoms with Gasteiger partial charge in [0.15, 0.2) is 0 Å². The Morgan fingerprint density at radius 1 is 1.27 bits per heavy atom. The van der Waals surface area contributed by atoms with Crippen LogP contribution in [-0.4, -0.2) is 9.55 Å². The van der Waals surface area contributed by atoms with Crippen molar-refractivity contribution in [1.82, 2.24) is 9.55 Å². The Labute approximate surface area is 97.4 Å². The third kappa shape index (κ3) is 2.43. The molecule has 0 bridgehead atoms. The first-order valence-corrected chi connectivity index (χ1v) is 5.12. The maximum atomic E-state index is 5.90. The molecule has 2 aromatic rings. The van der Waals surface area contributed by atoms with Crippen LogP contribution in [0, 0.1) is 0 Å². The number of anilines is 1. The quantitative estimate of drug-likeness (QED) is 0.879. The minimum absolute atomic E-state index is 0.509. The topological polar surface area (TPSA) is 43.8 Å². The number of rotatable bonds is 2.